The smallest absolute Gasteiger partial charge is 0.284 e. The number of rotatable bonds is 8. The van der Waals surface area contributed by atoms with Crippen LogP contribution in [-0.4, -0.2) is 28.3 Å². The standard InChI is InChI=1S/C24H23FN4O5S/c1-14(15-6-5-7-17(12-15)23(26)29-31)22(25)24(30)28-19-11-10-16(13-20(19)33-2)18-8-3-4-9-21(18)35(32)34-27/h3-13,31H,27H2,1-2H3,(H2,26,29)(H,28,30). The molecule has 0 bridgehead atoms. The summed E-state index contributed by atoms with van der Waals surface area (Å²) in [6.07, 6.45) is 0. The zero-order valence-corrected chi connectivity index (χ0v) is 19.6. The van der Waals surface area contributed by atoms with Gasteiger partial charge in [-0.1, -0.05) is 47.6 Å². The van der Waals surface area contributed by atoms with Gasteiger partial charge in [-0.3, -0.25) is 4.79 Å². The van der Waals surface area contributed by atoms with Crippen LogP contribution in [0.25, 0.3) is 16.7 Å². The number of nitrogens with zero attached hydrogens (tertiary/aromatic N) is 1. The van der Waals surface area contributed by atoms with E-state index >= 15 is 0 Å². The average molecular weight is 499 g/mol. The second-order valence-corrected chi connectivity index (χ2v) is 8.30. The van der Waals surface area contributed by atoms with Gasteiger partial charge in [-0.15, -0.1) is 0 Å². The zero-order chi connectivity index (χ0) is 25.5. The highest BCUT2D eigenvalue weighted by molar-refractivity contribution is 7.80. The van der Waals surface area contributed by atoms with Crippen molar-refractivity contribution in [2.24, 2.45) is 16.8 Å². The van der Waals surface area contributed by atoms with Crippen molar-refractivity contribution in [3.05, 3.63) is 83.7 Å². The number of carbonyl (C=O) groups is 1. The fourth-order valence-corrected chi connectivity index (χ4v) is 3.97. The first-order valence-electron chi connectivity index (χ1n) is 10.1. The molecule has 1 unspecified atom stereocenters. The molecule has 1 amide bonds. The molecule has 35 heavy (non-hydrogen) atoms. The lowest BCUT2D eigenvalue weighted by molar-refractivity contribution is -0.114. The molecule has 3 aromatic rings. The average Bonchev–Trinajstić information content (AvgIpc) is 2.91. The number of nitrogens with one attached hydrogen (secondary N) is 1. The van der Waals surface area contributed by atoms with Crippen LogP contribution in [0.5, 0.6) is 5.75 Å². The van der Waals surface area contributed by atoms with Gasteiger partial charge in [0.15, 0.2) is 11.7 Å². The summed E-state index contributed by atoms with van der Waals surface area (Å²) in [4.78, 5) is 13.0. The molecule has 11 heteroatoms. The number of amides is 1. The largest absolute Gasteiger partial charge is 0.495 e. The lowest BCUT2D eigenvalue weighted by Crippen LogP contribution is -2.15. The maximum Gasteiger partial charge on any atom is 0.284 e. The Bertz CT molecular complexity index is 1340. The number of halogens is 1. The predicted octanol–water partition coefficient (Wildman–Crippen LogP) is 3.71. The molecule has 9 nitrogen and oxygen atoms in total. The fraction of sp³-hybridized carbons (Fsp3) is 0.0833. The van der Waals surface area contributed by atoms with Gasteiger partial charge in [-0.2, -0.15) is 10.2 Å². The van der Waals surface area contributed by atoms with E-state index in [2.05, 4.69) is 14.8 Å². The number of nitrogens with two attached hydrogens (primary N) is 2. The van der Waals surface area contributed by atoms with Crippen molar-refractivity contribution in [2.75, 3.05) is 12.4 Å². The summed E-state index contributed by atoms with van der Waals surface area (Å²) in [5, 5.41) is 14.3. The monoisotopic (exact) mass is 498 g/mol. The Morgan fingerprint density at radius 3 is 2.49 bits per heavy atom. The van der Waals surface area contributed by atoms with Crippen LogP contribution in [0.15, 0.2) is 82.6 Å². The lowest BCUT2D eigenvalue weighted by Gasteiger charge is -2.14. The third-order valence-corrected chi connectivity index (χ3v) is 6.03. The number of amidine groups is 1. The van der Waals surface area contributed by atoms with Crippen LogP contribution in [0.2, 0.25) is 0 Å². The summed E-state index contributed by atoms with van der Waals surface area (Å²) in [6, 6.07) is 17.9. The molecule has 0 heterocycles. The first kappa shape index (κ1) is 25.6. The first-order chi connectivity index (χ1) is 16.8. The molecule has 0 aliphatic heterocycles. The van der Waals surface area contributed by atoms with E-state index in [1.807, 2.05) is 0 Å². The van der Waals surface area contributed by atoms with E-state index in [-0.39, 0.29) is 22.8 Å². The Morgan fingerprint density at radius 2 is 1.80 bits per heavy atom. The minimum absolute atomic E-state index is 0.0591. The van der Waals surface area contributed by atoms with Gasteiger partial charge < -0.3 is 21.0 Å². The van der Waals surface area contributed by atoms with E-state index in [4.69, 9.17) is 21.6 Å². The molecule has 0 aromatic heterocycles. The number of carbonyl (C=O) groups excluding carboxylic acids is 1. The predicted molar refractivity (Wildman–Crippen MR) is 131 cm³/mol. The molecule has 3 aromatic carbocycles. The summed E-state index contributed by atoms with van der Waals surface area (Å²) in [5.41, 5.74) is 7.83. The first-order valence-corrected chi connectivity index (χ1v) is 11.2. The van der Waals surface area contributed by atoms with E-state index in [0.717, 1.165) is 0 Å². The molecule has 0 spiro atoms. The highest BCUT2D eigenvalue weighted by Crippen LogP contribution is 2.34. The topological polar surface area (TPSA) is 149 Å². The Hall–Kier alpha value is -4.06. The number of allylic oxidation sites excluding steroid dienone is 1. The van der Waals surface area contributed by atoms with Crippen LogP contribution in [0.1, 0.15) is 18.1 Å². The molecular weight excluding hydrogens is 475 g/mol. The molecular formula is C24H23FN4O5S. The van der Waals surface area contributed by atoms with Crippen LogP contribution in [0, 0.1) is 0 Å². The van der Waals surface area contributed by atoms with Gasteiger partial charge in [0.1, 0.15) is 5.75 Å². The van der Waals surface area contributed by atoms with Crippen LogP contribution in [0.4, 0.5) is 10.1 Å². The molecule has 0 aliphatic carbocycles. The Balaban J connectivity index is 1.91. The second-order valence-electron chi connectivity index (χ2n) is 7.20. The number of benzene rings is 3. The van der Waals surface area contributed by atoms with Crippen molar-refractivity contribution >= 4 is 34.1 Å². The molecule has 0 saturated carbocycles. The maximum absolute atomic E-state index is 15.0. The number of methoxy groups -OCH3 is 1. The minimum atomic E-state index is -1.88. The number of hydrogen-bond acceptors (Lipinski definition) is 7. The summed E-state index contributed by atoms with van der Waals surface area (Å²) in [5.74, 6) is 3.18. The number of hydrogen-bond donors (Lipinski definition) is 4. The molecule has 6 N–H and O–H groups in total. The molecule has 3 rings (SSSR count). The zero-order valence-electron chi connectivity index (χ0n) is 18.8. The number of oxime groups is 1. The fourth-order valence-electron chi connectivity index (χ4n) is 3.31. The summed E-state index contributed by atoms with van der Waals surface area (Å²) >= 11 is -1.88. The van der Waals surface area contributed by atoms with Crippen molar-refractivity contribution in [3.63, 3.8) is 0 Å². The molecule has 0 fully saturated rings. The summed E-state index contributed by atoms with van der Waals surface area (Å²) < 4.78 is 36.9. The highest BCUT2D eigenvalue weighted by Gasteiger charge is 2.18. The molecule has 0 radical (unpaired) electrons. The van der Waals surface area contributed by atoms with Gasteiger partial charge in [0.05, 0.1) is 17.7 Å². The van der Waals surface area contributed by atoms with E-state index in [1.54, 1.807) is 54.6 Å². The summed E-state index contributed by atoms with van der Waals surface area (Å²) in [7, 11) is 1.40. The van der Waals surface area contributed by atoms with Crippen LogP contribution in [-0.2, 0) is 20.2 Å². The maximum atomic E-state index is 15.0. The third kappa shape index (κ3) is 5.72. The molecule has 0 aliphatic rings. The van der Waals surface area contributed by atoms with Crippen LogP contribution in [0.3, 0.4) is 0 Å². The van der Waals surface area contributed by atoms with Gasteiger partial charge in [-0.05, 0) is 47.9 Å². The lowest BCUT2D eigenvalue weighted by atomic mass is 10.0. The normalized spacial score (nSPS) is 13.1. The Kier molecular flexibility index (Phi) is 8.31. The van der Waals surface area contributed by atoms with Crippen molar-refractivity contribution in [1.29, 1.82) is 0 Å². The van der Waals surface area contributed by atoms with Crippen molar-refractivity contribution in [2.45, 2.75) is 11.8 Å². The SMILES string of the molecule is COc1cc(-c2ccccc2S(=O)ON)ccc1NC(=O)C(F)=C(C)c1cccc(C(N)=NO)c1. The van der Waals surface area contributed by atoms with Crippen molar-refractivity contribution in [1.82, 2.24) is 0 Å². The molecule has 1 atom stereocenters. The van der Waals surface area contributed by atoms with Crippen molar-refractivity contribution in [3.8, 4) is 16.9 Å². The number of ether oxygens (including phenoxy) is 1. The van der Waals surface area contributed by atoms with Gasteiger partial charge in [0.2, 0.25) is 11.1 Å². The number of anilines is 1. The van der Waals surface area contributed by atoms with Gasteiger partial charge in [0.25, 0.3) is 5.91 Å². The third-order valence-electron chi connectivity index (χ3n) is 5.14. The van der Waals surface area contributed by atoms with Gasteiger partial charge in [0, 0.05) is 11.1 Å². The minimum Gasteiger partial charge on any atom is -0.495 e. The van der Waals surface area contributed by atoms with E-state index < -0.39 is 22.8 Å². The van der Waals surface area contributed by atoms with E-state index in [1.165, 1.54) is 26.2 Å². The van der Waals surface area contributed by atoms with E-state index in [0.29, 0.717) is 27.1 Å². The molecule has 0 saturated heterocycles. The highest BCUT2D eigenvalue weighted by atomic mass is 32.2. The van der Waals surface area contributed by atoms with Crippen LogP contribution >= 0.6 is 0 Å². The van der Waals surface area contributed by atoms with Gasteiger partial charge >= 0.3 is 0 Å². The summed E-state index contributed by atoms with van der Waals surface area (Å²) in [6.45, 7) is 1.44. The van der Waals surface area contributed by atoms with Crippen LogP contribution < -0.4 is 21.7 Å². The quantitative estimate of drug-likeness (QED) is 0.122. The van der Waals surface area contributed by atoms with Gasteiger partial charge in [-0.25, -0.2) is 8.60 Å². The second kappa shape index (κ2) is 11.4. The van der Waals surface area contributed by atoms with E-state index in [9.17, 15) is 13.4 Å². The Labute approximate surface area is 203 Å². The molecule has 182 valence electrons. The Morgan fingerprint density at radius 1 is 1.09 bits per heavy atom. The van der Waals surface area contributed by atoms with Crippen molar-refractivity contribution < 1.29 is 27.6 Å².